The Morgan fingerprint density at radius 1 is 1.23 bits per heavy atom. The summed E-state index contributed by atoms with van der Waals surface area (Å²) in [6.07, 6.45) is 0.368. The van der Waals surface area contributed by atoms with E-state index in [-0.39, 0.29) is 6.54 Å². The van der Waals surface area contributed by atoms with Crippen LogP contribution in [0.5, 0.6) is 0 Å². The number of carbonyl (C=O) groups excluding carboxylic acids is 3. The molecule has 31 heavy (non-hydrogen) atoms. The molecule has 1 aliphatic rings. The van der Waals surface area contributed by atoms with Crippen molar-refractivity contribution >= 4 is 28.9 Å². The molecule has 1 fully saturated rings. The minimum atomic E-state index is -1.36. The van der Waals surface area contributed by atoms with Crippen LogP contribution in [0.25, 0.3) is 11.1 Å². The zero-order chi connectivity index (χ0) is 22.2. The van der Waals surface area contributed by atoms with Gasteiger partial charge in [0.1, 0.15) is 23.4 Å². The van der Waals surface area contributed by atoms with E-state index in [1.807, 2.05) is 25.1 Å². The molecular formula is C22H21FN4O4. The number of aryl methyl sites for hydroxylation is 1. The molecule has 8 nitrogen and oxygen atoms in total. The first-order valence-electron chi connectivity index (χ1n) is 9.80. The summed E-state index contributed by atoms with van der Waals surface area (Å²) in [5.41, 5.74) is 1.53. The molecule has 2 heterocycles. The molecule has 1 aromatic heterocycles. The second kappa shape index (κ2) is 7.82. The Morgan fingerprint density at radius 3 is 2.68 bits per heavy atom. The third-order valence-electron chi connectivity index (χ3n) is 5.32. The van der Waals surface area contributed by atoms with Crippen LogP contribution >= 0.6 is 0 Å². The maximum absolute atomic E-state index is 13.2. The van der Waals surface area contributed by atoms with Crippen LogP contribution in [0, 0.1) is 12.7 Å². The lowest BCUT2D eigenvalue weighted by atomic mass is 9.92. The van der Waals surface area contributed by atoms with Crippen LogP contribution in [0.2, 0.25) is 0 Å². The third kappa shape index (κ3) is 3.86. The van der Waals surface area contributed by atoms with Gasteiger partial charge < -0.3 is 15.1 Å². The number of amides is 4. The second-order valence-electron chi connectivity index (χ2n) is 7.58. The van der Waals surface area contributed by atoms with Gasteiger partial charge in [0, 0.05) is 13.0 Å². The fourth-order valence-electron chi connectivity index (χ4n) is 3.57. The van der Waals surface area contributed by atoms with Crippen molar-refractivity contribution in [2.45, 2.75) is 25.8 Å². The van der Waals surface area contributed by atoms with E-state index in [9.17, 15) is 18.8 Å². The molecule has 0 radical (unpaired) electrons. The first-order valence-corrected chi connectivity index (χ1v) is 9.80. The van der Waals surface area contributed by atoms with Crippen molar-refractivity contribution < 1.29 is 23.2 Å². The number of carbonyl (C=O) groups is 3. The molecule has 4 amide bonds. The van der Waals surface area contributed by atoms with Crippen molar-refractivity contribution in [3.63, 3.8) is 0 Å². The Hall–Kier alpha value is -3.75. The summed E-state index contributed by atoms with van der Waals surface area (Å²) in [5, 5.41) is 5.25. The van der Waals surface area contributed by atoms with Gasteiger partial charge in [0.15, 0.2) is 11.5 Å². The lowest BCUT2D eigenvalue weighted by Gasteiger charge is -2.22. The maximum atomic E-state index is 13.2. The number of imide groups is 1. The molecule has 3 aromatic rings. The fourth-order valence-corrected chi connectivity index (χ4v) is 3.57. The van der Waals surface area contributed by atoms with Gasteiger partial charge in [0.05, 0.1) is 0 Å². The summed E-state index contributed by atoms with van der Waals surface area (Å²) in [4.78, 5) is 42.7. The van der Waals surface area contributed by atoms with Crippen LogP contribution in [-0.2, 0) is 21.5 Å². The van der Waals surface area contributed by atoms with Crippen LogP contribution in [0.3, 0.4) is 0 Å². The van der Waals surface area contributed by atoms with Gasteiger partial charge >= 0.3 is 6.03 Å². The van der Waals surface area contributed by atoms with Gasteiger partial charge in [0.25, 0.3) is 5.91 Å². The van der Waals surface area contributed by atoms with Crippen LogP contribution in [0.1, 0.15) is 23.9 Å². The smallest absolute Gasteiger partial charge is 0.325 e. The number of benzene rings is 2. The summed E-state index contributed by atoms with van der Waals surface area (Å²) in [5.74, 6) is -1.02. The topological polar surface area (TPSA) is 105 Å². The Bertz CT molecular complexity index is 1170. The average molecular weight is 424 g/mol. The predicted octanol–water partition coefficient (Wildman–Crippen LogP) is 2.40. The molecule has 1 aliphatic heterocycles. The summed E-state index contributed by atoms with van der Waals surface area (Å²) in [6, 6.07) is 10.2. The van der Waals surface area contributed by atoms with Crippen molar-refractivity contribution in [3.05, 3.63) is 65.3 Å². The zero-order valence-electron chi connectivity index (χ0n) is 17.1. The number of para-hydroxylation sites is 1. The van der Waals surface area contributed by atoms with E-state index in [1.54, 1.807) is 0 Å². The van der Waals surface area contributed by atoms with Gasteiger partial charge in [-0.2, -0.15) is 0 Å². The quantitative estimate of drug-likeness (QED) is 0.592. The third-order valence-corrected chi connectivity index (χ3v) is 5.32. The molecule has 4 rings (SSSR count). The number of urea groups is 1. The highest BCUT2D eigenvalue weighted by molar-refractivity contribution is 6.09. The van der Waals surface area contributed by atoms with Gasteiger partial charge in [-0.3, -0.25) is 14.5 Å². The largest absolute Gasteiger partial charge is 0.441 e. The molecule has 0 aliphatic carbocycles. The van der Waals surface area contributed by atoms with Crippen molar-refractivity contribution in [3.8, 4) is 0 Å². The summed E-state index contributed by atoms with van der Waals surface area (Å²) < 4.78 is 18.9. The molecule has 0 saturated carbocycles. The number of rotatable bonds is 6. The number of fused-ring (bicyclic) bond motifs is 1. The predicted molar refractivity (Wildman–Crippen MR) is 109 cm³/mol. The first kappa shape index (κ1) is 20.5. The van der Waals surface area contributed by atoms with Gasteiger partial charge in [-0.1, -0.05) is 24.3 Å². The molecule has 9 heteroatoms. The molecule has 0 spiro atoms. The number of hydrogen-bond acceptors (Lipinski definition) is 5. The molecule has 2 N–H and O–H groups in total. The lowest BCUT2D eigenvalue weighted by Crippen LogP contribution is -2.43. The molecule has 2 aromatic carbocycles. The van der Waals surface area contributed by atoms with Crippen LogP contribution < -0.4 is 10.6 Å². The van der Waals surface area contributed by atoms with E-state index in [0.29, 0.717) is 23.5 Å². The second-order valence-corrected chi connectivity index (χ2v) is 7.58. The summed E-state index contributed by atoms with van der Waals surface area (Å²) >= 11 is 0. The van der Waals surface area contributed by atoms with Crippen molar-refractivity contribution in [1.82, 2.24) is 20.5 Å². The minimum absolute atomic E-state index is 0.240. The Kier molecular flexibility index (Phi) is 5.18. The van der Waals surface area contributed by atoms with Gasteiger partial charge in [-0.05, 0) is 43.2 Å². The number of halogens is 1. The van der Waals surface area contributed by atoms with Crippen LogP contribution in [0.4, 0.5) is 9.18 Å². The number of hydrogen-bond donors (Lipinski definition) is 2. The fraction of sp³-hybridized carbons (Fsp3) is 0.273. The summed E-state index contributed by atoms with van der Waals surface area (Å²) in [7, 11) is 0. The Morgan fingerprint density at radius 2 is 1.97 bits per heavy atom. The molecule has 0 bridgehead atoms. The highest BCUT2D eigenvalue weighted by Crippen LogP contribution is 2.28. The summed E-state index contributed by atoms with van der Waals surface area (Å²) in [6.45, 7) is 3.28. The van der Waals surface area contributed by atoms with Crippen LogP contribution in [0.15, 0.2) is 46.9 Å². The highest BCUT2D eigenvalue weighted by Gasteiger charge is 2.49. The van der Waals surface area contributed by atoms with E-state index in [2.05, 4.69) is 15.6 Å². The highest BCUT2D eigenvalue weighted by atomic mass is 19.1. The zero-order valence-corrected chi connectivity index (χ0v) is 17.1. The normalized spacial score (nSPS) is 18.5. The number of oxazole rings is 1. The maximum Gasteiger partial charge on any atom is 0.325 e. The Labute approximate surface area is 177 Å². The van der Waals surface area contributed by atoms with Crippen molar-refractivity contribution in [2.24, 2.45) is 0 Å². The standard InChI is InChI=1S/C22H21FN4O4/c1-13-4-3-5-16-19(13)25-18(31-16)10-11-24-17(28)12-27-20(29)22(2,26-21(27)30)14-6-8-15(23)9-7-14/h3-9H,10-12H2,1-2H3,(H,24,28)(H,26,30). The van der Waals surface area contributed by atoms with Gasteiger partial charge in [-0.15, -0.1) is 0 Å². The van der Waals surface area contributed by atoms with E-state index >= 15 is 0 Å². The van der Waals surface area contributed by atoms with Crippen molar-refractivity contribution in [2.75, 3.05) is 13.1 Å². The number of nitrogens with one attached hydrogen (secondary N) is 2. The van der Waals surface area contributed by atoms with Crippen LogP contribution in [-0.4, -0.2) is 40.8 Å². The van der Waals surface area contributed by atoms with E-state index in [4.69, 9.17) is 4.42 Å². The lowest BCUT2D eigenvalue weighted by molar-refractivity contribution is -0.134. The monoisotopic (exact) mass is 424 g/mol. The average Bonchev–Trinajstić information content (AvgIpc) is 3.24. The van der Waals surface area contributed by atoms with E-state index < -0.39 is 35.7 Å². The molecule has 1 saturated heterocycles. The Balaban J connectivity index is 1.35. The SMILES string of the molecule is Cc1cccc2oc(CCNC(=O)CN3C(=O)NC(C)(c4ccc(F)cc4)C3=O)nc12. The molecule has 1 atom stereocenters. The molecule has 1 unspecified atom stereocenters. The van der Waals surface area contributed by atoms with Gasteiger partial charge in [0.2, 0.25) is 5.91 Å². The van der Waals surface area contributed by atoms with Crippen molar-refractivity contribution in [1.29, 1.82) is 0 Å². The molecular weight excluding hydrogens is 403 g/mol. The first-order chi connectivity index (χ1) is 14.8. The molecule has 160 valence electrons. The van der Waals surface area contributed by atoms with E-state index in [1.165, 1.54) is 31.2 Å². The number of nitrogens with zero attached hydrogens (tertiary/aromatic N) is 2. The minimum Gasteiger partial charge on any atom is -0.441 e. The van der Waals surface area contributed by atoms with Gasteiger partial charge in [-0.25, -0.2) is 14.2 Å². The van der Waals surface area contributed by atoms with E-state index in [0.717, 1.165) is 16.0 Å². The number of aromatic nitrogens is 1.